The summed E-state index contributed by atoms with van der Waals surface area (Å²) in [6, 6.07) is 3.46. The van der Waals surface area contributed by atoms with Crippen molar-refractivity contribution in [2.24, 2.45) is 0 Å². The van der Waals surface area contributed by atoms with E-state index in [0.717, 1.165) is 48.6 Å². The molecule has 6 nitrogen and oxygen atoms in total. The fourth-order valence-corrected chi connectivity index (χ4v) is 5.57. The lowest BCUT2D eigenvalue weighted by Gasteiger charge is -2.46. The Morgan fingerprint density at radius 1 is 1.19 bits per heavy atom. The van der Waals surface area contributed by atoms with E-state index in [4.69, 9.17) is 20.8 Å². The normalized spacial score (nSPS) is 21.0. The zero-order valence-electron chi connectivity index (χ0n) is 18.9. The summed E-state index contributed by atoms with van der Waals surface area (Å²) in [4.78, 5) is 25.1. The summed E-state index contributed by atoms with van der Waals surface area (Å²) in [5, 5.41) is 7.99. The number of halogens is 1. The first-order valence-electron chi connectivity index (χ1n) is 11.0. The van der Waals surface area contributed by atoms with Gasteiger partial charge in [0.05, 0.1) is 5.02 Å². The predicted octanol–water partition coefficient (Wildman–Crippen LogP) is 4.13. The molecule has 2 aliphatic rings. The lowest BCUT2D eigenvalue weighted by molar-refractivity contribution is -0.128. The van der Waals surface area contributed by atoms with Gasteiger partial charge in [0, 0.05) is 34.1 Å². The van der Waals surface area contributed by atoms with Crippen LogP contribution in [0.4, 0.5) is 0 Å². The van der Waals surface area contributed by atoms with Crippen LogP contribution >= 0.6 is 11.6 Å². The number of rotatable bonds is 4. The summed E-state index contributed by atoms with van der Waals surface area (Å²) in [6.45, 7) is 10.3. The lowest BCUT2D eigenvalue weighted by atomic mass is 9.79. The second-order valence-electron chi connectivity index (χ2n) is 10.2. The van der Waals surface area contributed by atoms with Gasteiger partial charge >= 0.3 is 5.63 Å². The van der Waals surface area contributed by atoms with Crippen molar-refractivity contribution >= 4 is 28.5 Å². The zero-order valence-corrected chi connectivity index (χ0v) is 19.6. The monoisotopic (exact) mass is 446 g/mol. The number of hydrogen-bond donors (Lipinski definition) is 2. The quantitative estimate of drug-likeness (QED) is 0.690. The molecule has 4 rings (SSSR count). The molecule has 1 fully saturated rings. The maximum absolute atomic E-state index is 12.8. The molecule has 2 N–H and O–H groups in total. The van der Waals surface area contributed by atoms with E-state index in [9.17, 15) is 9.59 Å². The van der Waals surface area contributed by atoms with E-state index in [1.165, 1.54) is 0 Å². The van der Waals surface area contributed by atoms with E-state index in [0.29, 0.717) is 16.4 Å². The molecule has 0 spiro atoms. The van der Waals surface area contributed by atoms with E-state index in [1.54, 1.807) is 19.1 Å². The third kappa shape index (κ3) is 4.60. The molecule has 1 saturated heterocycles. The number of benzene rings is 1. The van der Waals surface area contributed by atoms with Gasteiger partial charge in [-0.1, -0.05) is 11.6 Å². The average molecular weight is 447 g/mol. The van der Waals surface area contributed by atoms with Crippen LogP contribution in [-0.4, -0.2) is 29.1 Å². The molecule has 0 unspecified atom stereocenters. The SMILES string of the molecule is C[C@H](Oc1cc2oc(=O)c3c(c2cc1Cl)CCC3)C(=O)NC1CC(C)(C)NC(C)(C)C1. The molecule has 1 atom stereocenters. The summed E-state index contributed by atoms with van der Waals surface area (Å²) < 4.78 is 11.4. The maximum Gasteiger partial charge on any atom is 0.339 e. The van der Waals surface area contributed by atoms with Gasteiger partial charge in [-0.2, -0.15) is 0 Å². The van der Waals surface area contributed by atoms with Crippen molar-refractivity contribution in [3.63, 3.8) is 0 Å². The molecule has 1 amide bonds. The fourth-order valence-electron chi connectivity index (χ4n) is 5.36. The van der Waals surface area contributed by atoms with Crippen molar-refractivity contribution in [3.05, 3.63) is 38.7 Å². The first-order chi connectivity index (χ1) is 14.4. The highest BCUT2D eigenvalue weighted by atomic mass is 35.5. The third-order valence-electron chi connectivity index (χ3n) is 6.24. The molecular weight excluding hydrogens is 416 g/mol. The Morgan fingerprint density at radius 3 is 2.52 bits per heavy atom. The van der Waals surface area contributed by atoms with Crippen molar-refractivity contribution < 1.29 is 13.9 Å². The number of carbonyl (C=O) groups excluding carboxylic acids is 1. The number of ether oxygens (including phenoxy) is 1. The predicted molar refractivity (Wildman–Crippen MR) is 122 cm³/mol. The first-order valence-corrected chi connectivity index (χ1v) is 11.4. The molecule has 1 aliphatic heterocycles. The van der Waals surface area contributed by atoms with Crippen LogP contribution in [0, 0.1) is 0 Å². The minimum Gasteiger partial charge on any atom is -0.479 e. The highest BCUT2D eigenvalue weighted by Gasteiger charge is 2.38. The van der Waals surface area contributed by atoms with Gasteiger partial charge in [-0.05, 0) is 78.4 Å². The minimum absolute atomic E-state index is 0.0532. The Balaban J connectivity index is 1.51. The summed E-state index contributed by atoms with van der Waals surface area (Å²) >= 11 is 6.48. The third-order valence-corrected chi connectivity index (χ3v) is 6.53. The number of piperidine rings is 1. The van der Waals surface area contributed by atoms with Crippen LogP contribution in [0.3, 0.4) is 0 Å². The molecule has 0 radical (unpaired) electrons. The number of nitrogens with one attached hydrogen (secondary N) is 2. The largest absolute Gasteiger partial charge is 0.479 e. The van der Waals surface area contributed by atoms with Crippen LogP contribution in [0.25, 0.3) is 11.0 Å². The van der Waals surface area contributed by atoms with Crippen molar-refractivity contribution in [1.82, 2.24) is 10.6 Å². The summed E-state index contributed by atoms with van der Waals surface area (Å²) in [7, 11) is 0. The van der Waals surface area contributed by atoms with E-state index < -0.39 is 6.10 Å². The Hall–Kier alpha value is -2.05. The molecule has 2 aromatic rings. The van der Waals surface area contributed by atoms with Gasteiger partial charge in [-0.3, -0.25) is 4.79 Å². The fraction of sp³-hybridized carbons (Fsp3) is 0.583. The number of hydrogen-bond acceptors (Lipinski definition) is 5. The van der Waals surface area contributed by atoms with E-state index in [-0.39, 0.29) is 28.7 Å². The van der Waals surface area contributed by atoms with Gasteiger partial charge in [-0.25, -0.2) is 4.79 Å². The van der Waals surface area contributed by atoms with E-state index in [1.807, 2.05) is 0 Å². The summed E-state index contributed by atoms with van der Waals surface area (Å²) in [6.07, 6.45) is 3.46. The smallest absolute Gasteiger partial charge is 0.339 e. The second-order valence-corrected chi connectivity index (χ2v) is 10.7. The standard InChI is InChI=1S/C24H31ClN2O4/c1-13(21(28)26-14-11-23(2,3)27-24(4,5)12-14)30-20-10-19-17(9-18(20)25)15-7-6-8-16(15)22(29)31-19/h9-10,13-14,27H,6-8,11-12H2,1-5H3,(H,26,28)/t13-/m0/s1. The molecule has 7 heteroatoms. The molecule has 31 heavy (non-hydrogen) atoms. The molecule has 168 valence electrons. The zero-order chi connectivity index (χ0) is 22.6. The number of amides is 1. The number of carbonyl (C=O) groups is 1. The van der Waals surface area contributed by atoms with Gasteiger partial charge < -0.3 is 19.8 Å². The van der Waals surface area contributed by atoms with Gasteiger partial charge in [0.15, 0.2) is 6.10 Å². The lowest BCUT2D eigenvalue weighted by Crippen LogP contribution is -2.62. The van der Waals surface area contributed by atoms with Gasteiger partial charge in [-0.15, -0.1) is 0 Å². The molecule has 2 heterocycles. The molecule has 0 saturated carbocycles. The van der Waals surface area contributed by atoms with Crippen molar-refractivity contribution in [2.75, 3.05) is 0 Å². The average Bonchev–Trinajstić information content (AvgIpc) is 3.11. The van der Waals surface area contributed by atoms with Crippen LogP contribution in [0.5, 0.6) is 5.75 Å². The highest BCUT2D eigenvalue weighted by Crippen LogP contribution is 2.35. The van der Waals surface area contributed by atoms with Crippen LogP contribution in [0.15, 0.2) is 21.3 Å². The van der Waals surface area contributed by atoms with Crippen molar-refractivity contribution in [2.45, 2.75) is 89.9 Å². The molecule has 0 bridgehead atoms. The Bertz CT molecular complexity index is 1070. The van der Waals surface area contributed by atoms with Gasteiger partial charge in [0.1, 0.15) is 11.3 Å². The number of aryl methyl sites for hydroxylation is 1. The van der Waals surface area contributed by atoms with Crippen LogP contribution in [-0.2, 0) is 17.6 Å². The van der Waals surface area contributed by atoms with Crippen molar-refractivity contribution in [1.29, 1.82) is 0 Å². The molecule has 1 aromatic heterocycles. The number of fused-ring (bicyclic) bond motifs is 3. The first kappa shape index (κ1) is 22.2. The minimum atomic E-state index is -0.739. The highest BCUT2D eigenvalue weighted by molar-refractivity contribution is 6.32. The van der Waals surface area contributed by atoms with Crippen molar-refractivity contribution in [3.8, 4) is 5.75 Å². The molecule has 1 aliphatic carbocycles. The summed E-state index contributed by atoms with van der Waals surface area (Å²) in [5.74, 6) is 0.147. The molecular formula is C24H31ClN2O4. The Morgan fingerprint density at radius 2 is 1.84 bits per heavy atom. The maximum atomic E-state index is 12.8. The summed E-state index contributed by atoms with van der Waals surface area (Å²) in [5.41, 5.74) is 1.78. The van der Waals surface area contributed by atoms with E-state index in [2.05, 4.69) is 38.3 Å². The van der Waals surface area contributed by atoms with Gasteiger partial charge in [0.2, 0.25) is 0 Å². The van der Waals surface area contributed by atoms with Crippen LogP contribution < -0.4 is 21.0 Å². The molecule has 1 aromatic carbocycles. The van der Waals surface area contributed by atoms with Crippen LogP contribution in [0.1, 0.15) is 65.0 Å². The van der Waals surface area contributed by atoms with Gasteiger partial charge in [0.25, 0.3) is 5.91 Å². The van der Waals surface area contributed by atoms with Crippen LogP contribution in [0.2, 0.25) is 5.02 Å². The Kier molecular flexibility index (Phi) is 5.59. The second kappa shape index (κ2) is 7.82. The Labute approximate surface area is 187 Å². The van der Waals surface area contributed by atoms with E-state index >= 15 is 0 Å². The topological polar surface area (TPSA) is 80.6 Å².